The third kappa shape index (κ3) is 4.88. The molecule has 1 aromatic carbocycles. The van der Waals surface area contributed by atoms with Crippen molar-refractivity contribution in [1.29, 1.82) is 0 Å². The summed E-state index contributed by atoms with van der Waals surface area (Å²) in [6.07, 6.45) is 3.60. The van der Waals surface area contributed by atoms with Crippen molar-refractivity contribution < 1.29 is 14.3 Å². The van der Waals surface area contributed by atoms with Gasteiger partial charge in [0.1, 0.15) is 12.2 Å². The number of carbonyl (C=O) groups is 2. The molecule has 1 unspecified atom stereocenters. The van der Waals surface area contributed by atoms with E-state index in [1.54, 1.807) is 19.0 Å². The zero-order chi connectivity index (χ0) is 16.5. The van der Waals surface area contributed by atoms with Crippen LogP contribution in [-0.2, 0) is 14.3 Å². The second kappa shape index (κ2) is 8.82. The van der Waals surface area contributed by atoms with Crippen LogP contribution in [0.1, 0.15) is 24.8 Å². The summed E-state index contributed by atoms with van der Waals surface area (Å²) in [4.78, 5) is 26.6. The summed E-state index contributed by atoms with van der Waals surface area (Å²) in [5.41, 5.74) is 0.957. The Morgan fingerprint density at radius 2 is 1.91 bits per heavy atom. The standard InChI is InChI=1S/C18H23NO3/c1-5-12-22-18(21)16(13-19(3)4)17(20)15(6-2)14-10-8-7-9-11-14/h5,7-11,13,15H,1,6,12H2,2-4H3/b16-13-. The highest BCUT2D eigenvalue weighted by Crippen LogP contribution is 2.24. The molecule has 0 heterocycles. The van der Waals surface area contributed by atoms with Crippen LogP contribution in [0.2, 0.25) is 0 Å². The lowest BCUT2D eigenvalue weighted by Gasteiger charge is -2.17. The van der Waals surface area contributed by atoms with E-state index in [1.807, 2.05) is 37.3 Å². The number of ketones is 1. The maximum atomic E-state index is 12.8. The molecule has 0 saturated heterocycles. The van der Waals surface area contributed by atoms with Crippen molar-refractivity contribution in [2.45, 2.75) is 19.3 Å². The van der Waals surface area contributed by atoms with Crippen LogP contribution >= 0.6 is 0 Å². The van der Waals surface area contributed by atoms with Gasteiger partial charge in [-0.05, 0) is 12.0 Å². The molecule has 0 saturated carbocycles. The largest absolute Gasteiger partial charge is 0.458 e. The first-order valence-electron chi connectivity index (χ1n) is 7.26. The van der Waals surface area contributed by atoms with Gasteiger partial charge in [-0.3, -0.25) is 4.79 Å². The summed E-state index contributed by atoms with van der Waals surface area (Å²) >= 11 is 0. The summed E-state index contributed by atoms with van der Waals surface area (Å²) in [5, 5.41) is 0. The number of carbonyl (C=O) groups excluding carboxylic acids is 2. The summed E-state index contributed by atoms with van der Waals surface area (Å²) in [6.45, 7) is 5.52. The normalized spacial score (nSPS) is 12.4. The molecule has 1 aromatic rings. The Kier molecular flexibility index (Phi) is 7.09. The van der Waals surface area contributed by atoms with Gasteiger partial charge in [-0.1, -0.05) is 49.9 Å². The van der Waals surface area contributed by atoms with Gasteiger partial charge in [-0.2, -0.15) is 0 Å². The Morgan fingerprint density at radius 3 is 2.41 bits per heavy atom. The van der Waals surface area contributed by atoms with Crippen molar-refractivity contribution in [1.82, 2.24) is 4.90 Å². The second-order valence-corrected chi connectivity index (χ2v) is 5.13. The van der Waals surface area contributed by atoms with Crippen LogP contribution in [0, 0.1) is 0 Å². The lowest BCUT2D eigenvalue weighted by molar-refractivity contribution is -0.139. The molecule has 0 aliphatic carbocycles. The zero-order valence-corrected chi connectivity index (χ0v) is 13.4. The SMILES string of the molecule is C=CCOC(=O)/C(=C\N(C)C)C(=O)C(CC)c1ccccc1. The molecule has 4 heteroatoms. The minimum absolute atomic E-state index is 0.0579. The summed E-state index contributed by atoms with van der Waals surface area (Å²) in [5.74, 6) is -1.20. The number of esters is 1. The highest BCUT2D eigenvalue weighted by atomic mass is 16.5. The van der Waals surface area contributed by atoms with Gasteiger partial charge in [-0.15, -0.1) is 0 Å². The number of benzene rings is 1. The van der Waals surface area contributed by atoms with Crippen molar-refractivity contribution in [3.05, 3.63) is 60.3 Å². The average Bonchev–Trinajstić information content (AvgIpc) is 2.51. The molecule has 0 fully saturated rings. The van der Waals surface area contributed by atoms with Crippen LogP contribution < -0.4 is 0 Å². The van der Waals surface area contributed by atoms with Crippen molar-refractivity contribution in [2.24, 2.45) is 0 Å². The number of rotatable bonds is 8. The van der Waals surface area contributed by atoms with Gasteiger partial charge < -0.3 is 9.64 Å². The Morgan fingerprint density at radius 1 is 1.27 bits per heavy atom. The third-order valence-electron chi connectivity index (χ3n) is 3.13. The lowest BCUT2D eigenvalue weighted by Crippen LogP contribution is -2.24. The fourth-order valence-corrected chi connectivity index (χ4v) is 2.13. The van der Waals surface area contributed by atoms with Crippen molar-refractivity contribution in [3.8, 4) is 0 Å². The molecule has 0 aromatic heterocycles. The van der Waals surface area contributed by atoms with Crippen LogP contribution in [-0.4, -0.2) is 37.4 Å². The molecule has 0 aliphatic heterocycles. The molecule has 118 valence electrons. The average molecular weight is 301 g/mol. The molecular weight excluding hydrogens is 278 g/mol. The maximum absolute atomic E-state index is 12.8. The molecule has 0 N–H and O–H groups in total. The highest BCUT2D eigenvalue weighted by molar-refractivity contribution is 6.19. The first-order chi connectivity index (χ1) is 10.5. The van der Waals surface area contributed by atoms with Crippen molar-refractivity contribution in [2.75, 3.05) is 20.7 Å². The molecule has 4 nitrogen and oxygen atoms in total. The molecule has 0 amide bonds. The van der Waals surface area contributed by atoms with E-state index in [4.69, 9.17) is 4.74 Å². The topological polar surface area (TPSA) is 46.6 Å². The first-order valence-corrected chi connectivity index (χ1v) is 7.26. The van der Waals surface area contributed by atoms with Gasteiger partial charge in [-0.25, -0.2) is 4.79 Å². The number of hydrogen-bond acceptors (Lipinski definition) is 4. The minimum atomic E-state index is -0.618. The van der Waals surface area contributed by atoms with E-state index < -0.39 is 5.97 Å². The van der Waals surface area contributed by atoms with Crippen LogP contribution in [0.15, 0.2) is 54.8 Å². The molecule has 22 heavy (non-hydrogen) atoms. The van der Waals surface area contributed by atoms with Crippen LogP contribution in [0.4, 0.5) is 0 Å². The summed E-state index contributed by atoms with van der Waals surface area (Å²) < 4.78 is 5.03. The van der Waals surface area contributed by atoms with Gasteiger partial charge in [0.15, 0.2) is 5.78 Å². The molecule has 0 bridgehead atoms. The minimum Gasteiger partial charge on any atom is -0.458 e. The van der Waals surface area contributed by atoms with E-state index in [2.05, 4.69) is 6.58 Å². The predicted octanol–water partition coefficient (Wildman–Crippen LogP) is 2.92. The third-order valence-corrected chi connectivity index (χ3v) is 3.13. The number of Topliss-reactive ketones (excluding diaryl/α,β-unsaturated/α-hetero) is 1. The fourth-order valence-electron chi connectivity index (χ4n) is 2.13. The first kappa shape index (κ1) is 17.7. The molecule has 0 aliphatic rings. The fraction of sp³-hybridized carbons (Fsp3) is 0.333. The Bertz CT molecular complexity index is 547. The number of hydrogen-bond donors (Lipinski definition) is 0. The molecular formula is C18H23NO3. The second-order valence-electron chi connectivity index (χ2n) is 5.13. The molecule has 0 radical (unpaired) electrons. The predicted molar refractivity (Wildman–Crippen MR) is 87.4 cm³/mol. The monoisotopic (exact) mass is 301 g/mol. The van der Waals surface area contributed by atoms with Gasteiger partial charge in [0.2, 0.25) is 0 Å². The Balaban J connectivity index is 3.09. The van der Waals surface area contributed by atoms with Crippen molar-refractivity contribution in [3.63, 3.8) is 0 Å². The number of ether oxygens (including phenoxy) is 1. The van der Waals surface area contributed by atoms with Gasteiger partial charge in [0.05, 0.1) is 0 Å². The van der Waals surface area contributed by atoms with E-state index >= 15 is 0 Å². The van der Waals surface area contributed by atoms with Crippen molar-refractivity contribution >= 4 is 11.8 Å². The lowest BCUT2D eigenvalue weighted by atomic mass is 9.88. The van der Waals surface area contributed by atoms with Crippen LogP contribution in [0.25, 0.3) is 0 Å². The van der Waals surface area contributed by atoms with Gasteiger partial charge >= 0.3 is 5.97 Å². The maximum Gasteiger partial charge on any atom is 0.343 e. The summed E-state index contributed by atoms with van der Waals surface area (Å²) in [6, 6.07) is 9.46. The molecule has 1 atom stereocenters. The smallest absolute Gasteiger partial charge is 0.343 e. The van der Waals surface area contributed by atoms with Gasteiger partial charge in [0, 0.05) is 26.2 Å². The van der Waals surface area contributed by atoms with Crippen LogP contribution in [0.3, 0.4) is 0 Å². The quantitative estimate of drug-likeness (QED) is 0.243. The highest BCUT2D eigenvalue weighted by Gasteiger charge is 2.27. The Hall–Kier alpha value is -2.36. The van der Waals surface area contributed by atoms with E-state index in [-0.39, 0.29) is 23.9 Å². The van der Waals surface area contributed by atoms with E-state index in [0.29, 0.717) is 6.42 Å². The molecule has 0 spiro atoms. The van der Waals surface area contributed by atoms with Gasteiger partial charge in [0.25, 0.3) is 0 Å². The number of nitrogens with zero attached hydrogens (tertiary/aromatic N) is 1. The van der Waals surface area contributed by atoms with E-state index in [0.717, 1.165) is 5.56 Å². The van der Waals surface area contributed by atoms with E-state index in [1.165, 1.54) is 12.3 Å². The zero-order valence-electron chi connectivity index (χ0n) is 13.4. The summed E-state index contributed by atoms with van der Waals surface area (Å²) in [7, 11) is 3.52. The van der Waals surface area contributed by atoms with Crippen LogP contribution in [0.5, 0.6) is 0 Å². The van der Waals surface area contributed by atoms with E-state index in [9.17, 15) is 9.59 Å². The molecule has 1 rings (SSSR count). The Labute approximate surface area is 132 Å².